The fourth-order valence-electron chi connectivity index (χ4n) is 1.62. The van der Waals surface area contributed by atoms with Crippen molar-refractivity contribution >= 4 is 0 Å². The smallest absolute Gasteiger partial charge is 0.197 e. The second kappa shape index (κ2) is 2.69. The van der Waals surface area contributed by atoms with Gasteiger partial charge in [-0.1, -0.05) is 6.92 Å². The molecule has 0 amide bonds. The minimum Gasteiger partial charge on any atom is -0.393 e. The first kappa shape index (κ1) is 8.48. The lowest BCUT2D eigenvalue weighted by Gasteiger charge is -2.24. The van der Waals surface area contributed by atoms with Gasteiger partial charge in [0.05, 0.1) is 12.7 Å². The molecule has 2 saturated heterocycles. The Morgan fingerprint density at radius 2 is 2.25 bits per heavy atom. The summed E-state index contributed by atoms with van der Waals surface area (Å²) in [7, 11) is 0. The average molecular weight is 172 g/mol. The highest BCUT2D eigenvalue weighted by Crippen LogP contribution is 2.49. The van der Waals surface area contributed by atoms with Crippen molar-refractivity contribution in [2.24, 2.45) is 5.92 Å². The molecule has 70 valence electrons. The molecule has 2 fully saturated rings. The minimum absolute atomic E-state index is 0.205. The molecular formula is C9H16O3. The van der Waals surface area contributed by atoms with Crippen LogP contribution in [0.2, 0.25) is 0 Å². The van der Waals surface area contributed by atoms with Gasteiger partial charge in [-0.2, -0.15) is 0 Å². The van der Waals surface area contributed by atoms with E-state index in [0.29, 0.717) is 5.92 Å². The molecule has 1 spiro atoms. The molecule has 0 bridgehead atoms. The molecule has 0 saturated carbocycles. The molecule has 0 aliphatic carbocycles. The van der Waals surface area contributed by atoms with E-state index in [1.807, 2.05) is 13.8 Å². The average Bonchev–Trinajstić information content (AvgIpc) is 2.61. The van der Waals surface area contributed by atoms with Gasteiger partial charge in [0.25, 0.3) is 0 Å². The second-order valence-electron chi connectivity index (χ2n) is 3.97. The van der Waals surface area contributed by atoms with Crippen LogP contribution in [0.15, 0.2) is 0 Å². The van der Waals surface area contributed by atoms with E-state index < -0.39 is 0 Å². The van der Waals surface area contributed by atoms with Gasteiger partial charge in [0.15, 0.2) is 5.79 Å². The predicted octanol–water partition coefficient (Wildman–Crippen LogP) is 0.909. The zero-order chi connectivity index (χ0) is 8.77. The van der Waals surface area contributed by atoms with E-state index in [4.69, 9.17) is 9.47 Å². The molecule has 2 aliphatic heterocycles. The maximum Gasteiger partial charge on any atom is 0.197 e. The Labute approximate surface area is 72.7 Å². The second-order valence-corrected chi connectivity index (χ2v) is 3.97. The third-order valence-corrected chi connectivity index (χ3v) is 2.98. The summed E-state index contributed by atoms with van der Waals surface area (Å²) in [5, 5.41) is 9.26. The summed E-state index contributed by atoms with van der Waals surface area (Å²) in [6.45, 7) is 4.69. The van der Waals surface area contributed by atoms with Crippen molar-refractivity contribution in [1.29, 1.82) is 0 Å². The monoisotopic (exact) mass is 172 g/mol. The van der Waals surface area contributed by atoms with Gasteiger partial charge in [0.1, 0.15) is 6.10 Å². The van der Waals surface area contributed by atoms with Crippen LogP contribution in [-0.2, 0) is 9.47 Å². The minimum atomic E-state index is -0.244. The van der Waals surface area contributed by atoms with Gasteiger partial charge in [0, 0.05) is 6.42 Å². The van der Waals surface area contributed by atoms with E-state index in [2.05, 4.69) is 0 Å². The maximum absolute atomic E-state index is 9.26. The van der Waals surface area contributed by atoms with Crippen LogP contribution < -0.4 is 0 Å². The Morgan fingerprint density at radius 1 is 1.58 bits per heavy atom. The Morgan fingerprint density at radius 3 is 2.58 bits per heavy atom. The molecule has 0 aromatic heterocycles. The first-order valence-electron chi connectivity index (χ1n) is 4.64. The summed E-state index contributed by atoms with van der Waals surface area (Å²) in [4.78, 5) is 0. The van der Waals surface area contributed by atoms with Crippen LogP contribution >= 0.6 is 0 Å². The lowest BCUT2D eigenvalue weighted by Crippen LogP contribution is -2.34. The summed E-state index contributed by atoms with van der Waals surface area (Å²) in [6.07, 6.45) is 1.95. The van der Waals surface area contributed by atoms with Gasteiger partial charge in [-0.3, -0.25) is 0 Å². The topological polar surface area (TPSA) is 42.0 Å². The molecular weight excluding hydrogens is 156 g/mol. The lowest BCUT2D eigenvalue weighted by atomic mass is 9.96. The highest BCUT2D eigenvalue weighted by Gasteiger charge is 2.62. The van der Waals surface area contributed by atoms with E-state index in [0.717, 1.165) is 19.4 Å². The summed E-state index contributed by atoms with van der Waals surface area (Å²) < 4.78 is 10.7. The summed E-state index contributed by atoms with van der Waals surface area (Å²) in [5.41, 5.74) is 0. The summed E-state index contributed by atoms with van der Waals surface area (Å²) in [5.74, 6) is 0.0990. The number of ether oxygens (including phenoxy) is 2. The zero-order valence-electron chi connectivity index (χ0n) is 7.62. The first-order chi connectivity index (χ1) is 5.64. The van der Waals surface area contributed by atoms with Gasteiger partial charge >= 0.3 is 0 Å². The van der Waals surface area contributed by atoms with Crippen LogP contribution in [0.3, 0.4) is 0 Å². The molecule has 1 N–H and O–H groups in total. The van der Waals surface area contributed by atoms with Crippen molar-refractivity contribution in [2.45, 2.75) is 44.7 Å². The van der Waals surface area contributed by atoms with Crippen LogP contribution in [0, 0.1) is 5.92 Å². The fourth-order valence-corrected chi connectivity index (χ4v) is 1.62. The van der Waals surface area contributed by atoms with E-state index in [1.165, 1.54) is 0 Å². The van der Waals surface area contributed by atoms with Crippen LogP contribution in [-0.4, -0.2) is 29.7 Å². The van der Waals surface area contributed by atoms with E-state index in [9.17, 15) is 5.11 Å². The van der Waals surface area contributed by atoms with Crippen molar-refractivity contribution in [3.63, 3.8) is 0 Å². The van der Waals surface area contributed by atoms with Gasteiger partial charge in [0.2, 0.25) is 0 Å². The Kier molecular flexibility index (Phi) is 1.90. The number of aliphatic hydroxyl groups is 1. The highest BCUT2D eigenvalue weighted by atomic mass is 16.8. The number of rotatable bonds is 3. The van der Waals surface area contributed by atoms with Crippen molar-refractivity contribution in [1.82, 2.24) is 0 Å². The molecule has 0 aromatic carbocycles. The summed E-state index contributed by atoms with van der Waals surface area (Å²) in [6, 6.07) is 0. The SMILES string of the molecule is CC(O)C(C)CC1OC12CCO2. The number of epoxide rings is 1. The lowest BCUT2D eigenvalue weighted by molar-refractivity contribution is -0.139. The predicted molar refractivity (Wildman–Crippen MR) is 43.6 cm³/mol. The number of hydrogen-bond donors (Lipinski definition) is 1. The van der Waals surface area contributed by atoms with E-state index in [1.54, 1.807) is 0 Å². The van der Waals surface area contributed by atoms with Crippen LogP contribution in [0.25, 0.3) is 0 Å². The van der Waals surface area contributed by atoms with Gasteiger partial charge in [-0.15, -0.1) is 0 Å². The maximum atomic E-state index is 9.26. The van der Waals surface area contributed by atoms with Crippen LogP contribution in [0.5, 0.6) is 0 Å². The van der Waals surface area contributed by atoms with E-state index >= 15 is 0 Å². The number of hydrogen-bond acceptors (Lipinski definition) is 3. The van der Waals surface area contributed by atoms with Gasteiger partial charge in [-0.25, -0.2) is 0 Å². The third kappa shape index (κ3) is 1.26. The van der Waals surface area contributed by atoms with Gasteiger partial charge < -0.3 is 14.6 Å². The normalized spacial score (nSPS) is 43.8. The van der Waals surface area contributed by atoms with Crippen molar-refractivity contribution in [2.75, 3.05) is 6.61 Å². The molecule has 2 heterocycles. The molecule has 4 unspecified atom stereocenters. The van der Waals surface area contributed by atoms with Crippen molar-refractivity contribution < 1.29 is 14.6 Å². The van der Waals surface area contributed by atoms with Crippen molar-refractivity contribution in [3.05, 3.63) is 0 Å². The molecule has 12 heavy (non-hydrogen) atoms. The fraction of sp³-hybridized carbons (Fsp3) is 1.00. The molecule has 0 aromatic rings. The number of aliphatic hydroxyl groups excluding tert-OH is 1. The molecule has 2 rings (SSSR count). The largest absolute Gasteiger partial charge is 0.393 e. The molecule has 2 aliphatic rings. The highest BCUT2D eigenvalue weighted by molar-refractivity contribution is 5.00. The molecule has 0 radical (unpaired) electrons. The van der Waals surface area contributed by atoms with Crippen LogP contribution in [0.4, 0.5) is 0 Å². The molecule has 3 nitrogen and oxygen atoms in total. The van der Waals surface area contributed by atoms with Crippen LogP contribution in [0.1, 0.15) is 26.7 Å². The molecule has 4 atom stereocenters. The third-order valence-electron chi connectivity index (χ3n) is 2.98. The zero-order valence-corrected chi connectivity index (χ0v) is 7.62. The Balaban J connectivity index is 1.75. The Hall–Kier alpha value is -0.120. The standard InChI is InChI=1S/C9H16O3/c1-6(7(2)10)5-8-9(12-8)3-4-11-9/h6-8,10H,3-5H2,1-2H3. The van der Waals surface area contributed by atoms with Gasteiger partial charge in [-0.05, 0) is 19.3 Å². The van der Waals surface area contributed by atoms with Crippen molar-refractivity contribution in [3.8, 4) is 0 Å². The van der Waals surface area contributed by atoms with E-state index in [-0.39, 0.29) is 18.0 Å². The summed E-state index contributed by atoms with van der Waals surface area (Å²) >= 11 is 0. The quantitative estimate of drug-likeness (QED) is 0.643. The first-order valence-corrected chi connectivity index (χ1v) is 4.64. The molecule has 3 heteroatoms. The Bertz CT molecular complexity index is 175.